The highest BCUT2D eigenvalue weighted by Gasteiger charge is 2.26. The molecule has 2 aromatic rings. The van der Waals surface area contributed by atoms with Crippen LogP contribution in [-0.4, -0.2) is 70.2 Å². The second-order valence-corrected chi connectivity index (χ2v) is 7.05. The third-order valence-electron chi connectivity index (χ3n) is 5.07. The number of rotatable bonds is 7. The van der Waals surface area contributed by atoms with Gasteiger partial charge in [0.1, 0.15) is 5.69 Å². The summed E-state index contributed by atoms with van der Waals surface area (Å²) in [5, 5.41) is 8.88. The summed E-state index contributed by atoms with van der Waals surface area (Å²) < 4.78 is 0. The Morgan fingerprint density at radius 3 is 2.35 bits per heavy atom. The first-order valence-electron chi connectivity index (χ1n) is 10.2. The van der Waals surface area contributed by atoms with Gasteiger partial charge in [0.2, 0.25) is 11.8 Å². The topological polar surface area (TPSA) is 110 Å². The van der Waals surface area contributed by atoms with Crippen molar-refractivity contribution in [3.05, 3.63) is 54.6 Å². The molecule has 9 nitrogen and oxygen atoms in total. The van der Waals surface area contributed by atoms with Gasteiger partial charge in [-0.15, -0.1) is 0 Å². The molecule has 1 aromatic heterocycles. The van der Waals surface area contributed by atoms with Crippen LogP contribution in [0.3, 0.4) is 0 Å². The lowest BCUT2D eigenvalue weighted by molar-refractivity contribution is -0.134. The Bertz CT molecular complexity index is 937. The first-order chi connectivity index (χ1) is 15.1. The lowest BCUT2D eigenvalue weighted by Gasteiger charge is -2.34. The van der Waals surface area contributed by atoms with E-state index in [0.29, 0.717) is 31.9 Å². The second kappa shape index (κ2) is 10.8. The minimum Gasteiger partial charge on any atom is -0.339 e. The van der Waals surface area contributed by atoms with Gasteiger partial charge in [0, 0.05) is 63.6 Å². The molecule has 3 rings (SSSR count). The van der Waals surface area contributed by atoms with Crippen molar-refractivity contribution in [1.82, 2.24) is 19.8 Å². The van der Waals surface area contributed by atoms with Gasteiger partial charge in [0.15, 0.2) is 0 Å². The van der Waals surface area contributed by atoms with Gasteiger partial charge in [-0.1, -0.05) is 18.2 Å². The molecule has 1 fully saturated rings. The number of para-hydroxylation sites is 1. The van der Waals surface area contributed by atoms with Crippen LogP contribution in [-0.2, 0) is 9.59 Å². The molecule has 9 heteroatoms. The van der Waals surface area contributed by atoms with E-state index in [4.69, 9.17) is 5.26 Å². The van der Waals surface area contributed by atoms with Crippen LogP contribution in [0.4, 0.5) is 5.69 Å². The number of benzene rings is 1. The first-order valence-corrected chi connectivity index (χ1v) is 10.2. The van der Waals surface area contributed by atoms with Crippen LogP contribution in [0, 0.1) is 11.3 Å². The number of carbonyl (C=O) groups is 3. The van der Waals surface area contributed by atoms with Gasteiger partial charge >= 0.3 is 0 Å². The van der Waals surface area contributed by atoms with Gasteiger partial charge in [0.25, 0.3) is 5.91 Å². The summed E-state index contributed by atoms with van der Waals surface area (Å²) in [6.45, 7) is 1.93. The average Bonchev–Trinajstić information content (AvgIpc) is 2.83. The second-order valence-electron chi connectivity index (χ2n) is 7.05. The summed E-state index contributed by atoms with van der Waals surface area (Å²) in [4.78, 5) is 50.6. The summed E-state index contributed by atoms with van der Waals surface area (Å²) in [5.41, 5.74) is 0.998. The van der Waals surface area contributed by atoms with Gasteiger partial charge in [0.05, 0.1) is 18.7 Å². The zero-order chi connectivity index (χ0) is 22.1. The predicted molar refractivity (Wildman–Crippen MR) is 113 cm³/mol. The molecule has 1 saturated heterocycles. The van der Waals surface area contributed by atoms with Crippen molar-refractivity contribution in [2.75, 3.05) is 37.6 Å². The number of carbonyl (C=O) groups excluding carboxylic acids is 3. The molecule has 0 atom stereocenters. The monoisotopic (exact) mass is 420 g/mol. The van der Waals surface area contributed by atoms with E-state index in [2.05, 4.69) is 16.0 Å². The molecule has 1 aliphatic heterocycles. The maximum absolute atomic E-state index is 12.7. The quantitative estimate of drug-likeness (QED) is 0.671. The van der Waals surface area contributed by atoms with E-state index in [1.807, 2.05) is 30.3 Å². The fourth-order valence-corrected chi connectivity index (χ4v) is 3.40. The fourth-order valence-electron chi connectivity index (χ4n) is 3.40. The Labute approximate surface area is 180 Å². The Morgan fingerprint density at radius 2 is 1.71 bits per heavy atom. The maximum Gasteiger partial charge on any atom is 0.274 e. The SMILES string of the molecule is N#CCCN(C(=O)CCC(=O)N1CCN(C(=O)c2cnccn2)CC1)c1ccccc1. The molecule has 0 N–H and O–H groups in total. The normalized spacial score (nSPS) is 13.4. The van der Waals surface area contributed by atoms with E-state index < -0.39 is 0 Å². The minimum atomic E-state index is -0.202. The Balaban J connectivity index is 1.50. The van der Waals surface area contributed by atoms with Gasteiger partial charge in [-0.05, 0) is 12.1 Å². The number of amides is 3. The highest BCUT2D eigenvalue weighted by Crippen LogP contribution is 2.16. The van der Waals surface area contributed by atoms with Gasteiger partial charge in [-0.25, -0.2) is 4.98 Å². The third-order valence-corrected chi connectivity index (χ3v) is 5.07. The molecule has 3 amide bonds. The third kappa shape index (κ3) is 5.85. The molecule has 31 heavy (non-hydrogen) atoms. The van der Waals surface area contributed by atoms with Crippen molar-refractivity contribution < 1.29 is 14.4 Å². The molecule has 0 radical (unpaired) electrons. The lowest BCUT2D eigenvalue weighted by atomic mass is 10.2. The van der Waals surface area contributed by atoms with E-state index in [0.717, 1.165) is 0 Å². The van der Waals surface area contributed by atoms with Crippen LogP contribution in [0.25, 0.3) is 0 Å². The average molecular weight is 420 g/mol. The summed E-state index contributed by atoms with van der Waals surface area (Å²) in [7, 11) is 0. The number of piperazine rings is 1. The minimum absolute atomic E-state index is 0.0674. The van der Waals surface area contributed by atoms with Crippen molar-refractivity contribution in [3.8, 4) is 6.07 Å². The van der Waals surface area contributed by atoms with E-state index in [9.17, 15) is 14.4 Å². The summed E-state index contributed by atoms with van der Waals surface area (Å²) in [6, 6.07) is 11.2. The first kappa shape index (κ1) is 21.9. The molecule has 160 valence electrons. The van der Waals surface area contributed by atoms with E-state index in [1.54, 1.807) is 14.7 Å². The summed E-state index contributed by atoms with van der Waals surface area (Å²) in [5.74, 6) is -0.508. The molecular formula is C22H24N6O3. The van der Waals surface area contributed by atoms with Crippen molar-refractivity contribution in [3.63, 3.8) is 0 Å². The fraction of sp³-hybridized carbons (Fsp3) is 0.364. The van der Waals surface area contributed by atoms with Gasteiger partial charge < -0.3 is 14.7 Å². The Hall–Kier alpha value is -3.80. The van der Waals surface area contributed by atoms with Gasteiger partial charge in [-0.3, -0.25) is 19.4 Å². The standard InChI is InChI=1S/C22H24N6O3/c23-9-4-12-28(18-5-2-1-3-6-18)21(30)8-7-20(29)26-13-15-27(16-14-26)22(31)19-17-24-10-11-25-19/h1-3,5-6,10-11,17H,4,7-8,12-16H2. The van der Waals surface area contributed by atoms with Crippen LogP contribution >= 0.6 is 0 Å². The van der Waals surface area contributed by atoms with Crippen molar-refractivity contribution in [2.24, 2.45) is 0 Å². The maximum atomic E-state index is 12.7. The summed E-state index contributed by atoms with van der Waals surface area (Å²) >= 11 is 0. The molecule has 0 bridgehead atoms. The van der Waals surface area contributed by atoms with Crippen LogP contribution in [0.5, 0.6) is 0 Å². The van der Waals surface area contributed by atoms with Crippen LogP contribution in [0.15, 0.2) is 48.9 Å². The summed E-state index contributed by atoms with van der Waals surface area (Å²) in [6.07, 6.45) is 4.78. The number of hydrogen-bond donors (Lipinski definition) is 0. The zero-order valence-corrected chi connectivity index (χ0v) is 17.2. The highest BCUT2D eigenvalue weighted by molar-refractivity contribution is 5.95. The van der Waals surface area contributed by atoms with E-state index in [-0.39, 0.29) is 49.2 Å². The number of nitrogens with zero attached hydrogens (tertiary/aromatic N) is 6. The van der Waals surface area contributed by atoms with Crippen molar-refractivity contribution >= 4 is 23.4 Å². The molecule has 0 unspecified atom stereocenters. The molecule has 1 aliphatic rings. The molecule has 1 aromatic carbocycles. The van der Waals surface area contributed by atoms with Crippen LogP contribution < -0.4 is 4.90 Å². The molecule has 0 aliphatic carbocycles. The largest absolute Gasteiger partial charge is 0.339 e. The number of hydrogen-bond acceptors (Lipinski definition) is 6. The molecule has 0 saturated carbocycles. The highest BCUT2D eigenvalue weighted by atomic mass is 16.2. The van der Waals surface area contributed by atoms with Crippen molar-refractivity contribution in [1.29, 1.82) is 5.26 Å². The van der Waals surface area contributed by atoms with Crippen molar-refractivity contribution in [2.45, 2.75) is 19.3 Å². The predicted octanol–water partition coefficient (Wildman–Crippen LogP) is 1.49. The number of aromatic nitrogens is 2. The van der Waals surface area contributed by atoms with Gasteiger partial charge in [-0.2, -0.15) is 5.26 Å². The number of anilines is 1. The lowest BCUT2D eigenvalue weighted by Crippen LogP contribution is -2.50. The number of nitriles is 1. The Kier molecular flexibility index (Phi) is 7.65. The smallest absolute Gasteiger partial charge is 0.274 e. The van der Waals surface area contributed by atoms with Crippen LogP contribution in [0.1, 0.15) is 29.8 Å². The molecular weight excluding hydrogens is 396 g/mol. The van der Waals surface area contributed by atoms with E-state index in [1.165, 1.54) is 18.6 Å². The van der Waals surface area contributed by atoms with Crippen LogP contribution in [0.2, 0.25) is 0 Å². The zero-order valence-electron chi connectivity index (χ0n) is 17.2. The Morgan fingerprint density at radius 1 is 1.00 bits per heavy atom. The van der Waals surface area contributed by atoms with E-state index >= 15 is 0 Å². The molecule has 2 heterocycles. The molecule has 0 spiro atoms.